The van der Waals surface area contributed by atoms with Gasteiger partial charge < -0.3 is 9.47 Å². The van der Waals surface area contributed by atoms with E-state index in [0.717, 1.165) is 24.2 Å². The first-order valence-electron chi connectivity index (χ1n) is 6.13. The minimum Gasteiger partial charge on any atom is -0.493 e. The van der Waals surface area contributed by atoms with Crippen LogP contribution in [0.25, 0.3) is 6.08 Å². The van der Waals surface area contributed by atoms with Crippen molar-refractivity contribution in [2.24, 2.45) is 0 Å². The van der Waals surface area contributed by atoms with Gasteiger partial charge >= 0.3 is 0 Å². The molecule has 0 aliphatic rings. The molecule has 0 aliphatic heterocycles. The Morgan fingerprint density at radius 3 is 2.83 bits per heavy atom. The number of nitriles is 1. The van der Waals surface area contributed by atoms with E-state index in [0.29, 0.717) is 18.8 Å². The molecule has 0 saturated heterocycles. The monoisotopic (exact) mass is 245 g/mol. The van der Waals surface area contributed by atoms with Crippen molar-refractivity contribution in [3.63, 3.8) is 0 Å². The zero-order chi connectivity index (χ0) is 13.2. The number of para-hydroxylation sites is 1. The number of ether oxygens (including phenoxy) is 2. The van der Waals surface area contributed by atoms with E-state index in [2.05, 4.69) is 13.0 Å². The quantitative estimate of drug-likeness (QED) is 0.546. The molecule has 1 aromatic rings. The number of unbranched alkanes of at least 4 members (excludes halogenated alkanes) is 1. The Balaban J connectivity index is 2.84. The van der Waals surface area contributed by atoms with Gasteiger partial charge in [0.25, 0.3) is 0 Å². The van der Waals surface area contributed by atoms with Crippen molar-refractivity contribution in [2.75, 3.05) is 20.3 Å². The van der Waals surface area contributed by atoms with Crippen LogP contribution in [0.1, 0.15) is 25.3 Å². The van der Waals surface area contributed by atoms with Gasteiger partial charge in [-0.3, -0.25) is 0 Å². The van der Waals surface area contributed by atoms with Crippen LogP contribution in [0.5, 0.6) is 5.75 Å². The molecule has 0 heterocycles. The summed E-state index contributed by atoms with van der Waals surface area (Å²) in [4.78, 5) is 0. The summed E-state index contributed by atoms with van der Waals surface area (Å²) in [5, 5.41) is 8.98. The molecule has 0 radical (unpaired) electrons. The summed E-state index contributed by atoms with van der Waals surface area (Å²) in [7, 11) is 1.58. The van der Waals surface area contributed by atoms with Crippen LogP contribution in [0.2, 0.25) is 0 Å². The Kier molecular flexibility index (Phi) is 6.60. The van der Waals surface area contributed by atoms with Crippen molar-refractivity contribution in [2.45, 2.75) is 19.8 Å². The maximum absolute atomic E-state index is 8.98. The van der Waals surface area contributed by atoms with E-state index >= 15 is 0 Å². The summed E-state index contributed by atoms with van der Waals surface area (Å²) in [6, 6.07) is 9.85. The smallest absolute Gasteiger partial charge is 0.126 e. The number of hydrogen-bond acceptors (Lipinski definition) is 3. The lowest BCUT2D eigenvalue weighted by atomic mass is 10.1. The predicted octanol–water partition coefficient (Wildman–Crippen LogP) is 3.42. The van der Waals surface area contributed by atoms with E-state index in [9.17, 15) is 0 Å². The lowest BCUT2D eigenvalue weighted by Crippen LogP contribution is -1.98. The van der Waals surface area contributed by atoms with Gasteiger partial charge in [-0.25, -0.2) is 0 Å². The molecule has 1 aromatic carbocycles. The van der Waals surface area contributed by atoms with E-state index in [-0.39, 0.29) is 0 Å². The topological polar surface area (TPSA) is 42.2 Å². The van der Waals surface area contributed by atoms with Crippen molar-refractivity contribution in [1.29, 1.82) is 5.26 Å². The molecule has 0 spiro atoms. The third-order valence-electron chi connectivity index (χ3n) is 2.45. The van der Waals surface area contributed by atoms with Gasteiger partial charge in [-0.05, 0) is 18.6 Å². The first-order chi connectivity index (χ1) is 8.81. The number of nitrogens with zero attached hydrogens (tertiary/aromatic N) is 1. The molecule has 18 heavy (non-hydrogen) atoms. The van der Waals surface area contributed by atoms with Crippen LogP contribution in [0.3, 0.4) is 0 Å². The number of hydrogen-bond donors (Lipinski definition) is 0. The van der Waals surface area contributed by atoms with Crippen LogP contribution in [0.4, 0.5) is 0 Å². The Bertz CT molecular complexity index is 432. The minimum atomic E-state index is 0.319. The van der Waals surface area contributed by atoms with Crippen LogP contribution < -0.4 is 4.74 Å². The molecule has 0 amide bonds. The van der Waals surface area contributed by atoms with Gasteiger partial charge in [-0.1, -0.05) is 31.5 Å². The summed E-state index contributed by atoms with van der Waals surface area (Å²) < 4.78 is 10.7. The van der Waals surface area contributed by atoms with Crippen molar-refractivity contribution >= 4 is 6.08 Å². The lowest BCUT2D eigenvalue weighted by molar-refractivity contribution is 0.229. The molecule has 0 bridgehead atoms. The van der Waals surface area contributed by atoms with E-state index in [1.807, 2.05) is 30.3 Å². The summed E-state index contributed by atoms with van der Waals surface area (Å²) >= 11 is 0. The van der Waals surface area contributed by atoms with Crippen molar-refractivity contribution in [3.8, 4) is 11.8 Å². The maximum Gasteiger partial charge on any atom is 0.126 e. The molecule has 0 aliphatic carbocycles. The van der Waals surface area contributed by atoms with E-state index in [1.165, 1.54) is 0 Å². The van der Waals surface area contributed by atoms with Gasteiger partial charge in [0.1, 0.15) is 5.75 Å². The highest BCUT2D eigenvalue weighted by Gasteiger charge is 2.02. The molecule has 0 saturated carbocycles. The molecule has 3 heteroatoms. The second-order valence-corrected chi connectivity index (χ2v) is 3.95. The summed E-state index contributed by atoms with van der Waals surface area (Å²) in [6.45, 7) is 3.15. The van der Waals surface area contributed by atoms with Crippen LogP contribution in [0.15, 0.2) is 29.8 Å². The predicted molar refractivity (Wildman–Crippen MR) is 72.3 cm³/mol. The fraction of sp³-hybridized carbons (Fsp3) is 0.400. The zero-order valence-corrected chi connectivity index (χ0v) is 11.0. The molecule has 0 N–H and O–H groups in total. The third-order valence-corrected chi connectivity index (χ3v) is 2.45. The standard InChI is InChI=1S/C15H19NO2/c1-3-4-9-18-15-8-6-5-7-14(15)10-13(11-16)12-17-2/h5-8,10H,3-4,9,12H2,1-2H3/b13-10-. The highest BCUT2D eigenvalue weighted by atomic mass is 16.5. The average Bonchev–Trinajstić information content (AvgIpc) is 2.40. The number of benzene rings is 1. The molecule has 96 valence electrons. The zero-order valence-electron chi connectivity index (χ0n) is 11.0. The van der Waals surface area contributed by atoms with Gasteiger partial charge in [-0.2, -0.15) is 5.26 Å². The first kappa shape index (κ1) is 14.3. The maximum atomic E-state index is 8.98. The van der Waals surface area contributed by atoms with Gasteiger partial charge in [0, 0.05) is 12.7 Å². The van der Waals surface area contributed by atoms with E-state index in [1.54, 1.807) is 7.11 Å². The SMILES string of the molecule is CCCCOc1ccccc1/C=C(/C#N)COC. The molecular weight excluding hydrogens is 226 g/mol. The normalized spacial score (nSPS) is 11.1. The van der Waals surface area contributed by atoms with Gasteiger partial charge in [0.05, 0.1) is 24.9 Å². The molecule has 3 nitrogen and oxygen atoms in total. The van der Waals surface area contributed by atoms with Crippen molar-refractivity contribution in [3.05, 3.63) is 35.4 Å². The summed E-state index contributed by atoms with van der Waals surface area (Å²) in [6.07, 6.45) is 3.94. The van der Waals surface area contributed by atoms with E-state index in [4.69, 9.17) is 14.7 Å². The Hall–Kier alpha value is -1.79. The van der Waals surface area contributed by atoms with Crippen LogP contribution in [-0.4, -0.2) is 20.3 Å². The highest BCUT2D eigenvalue weighted by molar-refractivity contribution is 5.62. The van der Waals surface area contributed by atoms with Gasteiger partial charge in [0.15, 0.2) is 0 Å². The highest BCUT2D eigenvalue weighted by Crippen LogP contribution is 2.21. The largest absolute Gasteiger partial charge is 0.493 e. The van der Waals surface area contributed by atoms with Crippen LogP contribution >= 0.6 is 0 Å². The van der Waals surface area contributed by atoms with Gasteiger partial charge in [-0.15, -0.1) is 0 Å². The number of methoxy groups -OCH3 is 1. The van der Waals surface area contributed by atoms with Crippen LogP contribution in [-0.2, 0) is 4.74 Å². The molecule has 0 atom stereocenters. The Morgan fingerprint density at radius 2 is 2.17 bits per heavy atom. The summed E-state index contributed by atoms with van der Waals surface area (Å²) in [5.41, 5.74) is 1.51. The van der Waals surface area contributed by atoms with E-state index < -0.39 is 0 Å². The summed E-state index contributed by atoms with van der Waals surface area (Å²) in [5.74, 6) is 0.815. The lowest BCUT2D eigenvalue weighted by Gasteiger charge is -2.08. The Morgan fingerprint density at radius 1 is 1.39 bits per heavy atom. The number of rotatable bonds is 7. The molecule has 0 unspecified atom stereocenters. The molecule has 0 aromatic heterocycles. The minimum absolute atomic E-state index is 0.319. The molecular formula is C15H19NO2. The molecule has 1 rings (SSSR count). The molecule has 0 fully saturated rings. The van der Waals surface area contributed by atoms with Gasteiger partial charge in [0.2, 0.25) is 0 Å². The first-order valence-corrected chi connectivity index (χ1v) is 6.13. The third kappa shape index (κ3) is 4.60. The van der Waals surface area contributed by atoms with Crippen molar-refractivity contribution in [1.82, 2.24) is 0 Å². The average molecular weight is 245 g/mol. The van der Waals surface area contributed by atoms with Crippen molar-refractivity contribution < 1.29 is 9.47 Å². The Labute approximate surface area is 109 Å². The second kappa shape index (κ2) is 8.32. The second-order valence-electron chi connectivity index (χ2n) is 3.95. The fourth-order valence-corrected chi connectivity index (χ4v) is 1.51. The fourth-order valence-electron chi connectivity index (χ4n) is 1.51. The van der Waals surface area contributed by atoms with Crippen LogP contribution in [0, 0.1) is 11.3 Å².